The monoisotopic (exact) mass is 308 g/mol. The molecule has 1 unspecified atom stereocenters. The van der Waals surface area contributed by atoms with E-state index in [0.29, 0.717) is 12.5 Å². The van der Waals surface area contributed by atoms with Crippen LogP contribution >= 0.6 is 0 Å². The van der Waals surface area contributed by atoms with E-state index >= 15 is 0 Å². The first kappa shape index (κ1) is 15.8. The summed E-state index contributed by atoms with van der Waals surface area (Å²) in [6.07, 6.45) is 4.94. The van der Waals surface area contributed by atoms with Gasteiger partial charge in [-0.3, -0.25) is 14.5 Å². The highest BCUT2D eigenvalue weighted by molar-refractivity contribution is 5.82. The minimum absolute atomic E-state index is 0.185. The van der Waals surface area contributed by atoms with Crippen molar-refractivity contribution in [2.24, 2.45) is 17.3 Å². The third kappa shape index (κ3) is 2.53. The number of carbonyl (C=O) groups is 2. The molecule has 1 aliphatic carbocycles. The number of fused-ring (bicyclic) bond motifs is 1. The van der Waals surface area contributed by atoms with E-state index in [2.05, 4.69) is 11.8 Å². The number of aliphatic carboxylic acids is 1. The molecule has 22 heavy (non-hydrogen) atoms. The SMILES string of the molecule is CC1CCN(C(=O)C(C)N2C[C@@H]3CCC[C@@]3(C(=O)O)C2)CC1. The minimum Gasteiger partial charge on any atom is -0.481 e. The average molecular weight is 308 g/mol. The maximum atomic E-state index is 12.7. The van der Waals surface area contributed by atoms with Gasteiger partial charge in [0.2, 0.25) is 5.91 Å². The van der Waals surface area contributed by atoms with Crippen LogP contribution in [-0.4, -0.2) is 59.0 Å². The Balaban J connectivity index is 1.65. The highest BCUT2D eigenvalue weighted by Crippen LogP contribution is 2.49. The van der Waals surface area contributed by atoms with E-state index < -0.39 is 11.4 Å². The molecule has 0 aromatic carbocycles. The van der Waals surface area contributed by atoms with Gasteiger partial charge in [0.1, 0.15) is 0 Å². The molecule has 0 spiro atoms. The molecule has 2 aliphatic heterocycles. The van der Waals surface area contributed by atoms with Gasteiger partial charge < -0.3 is 10.0 Å². The quantitative estimate of drug-likeness (QED) is 0.864. The second-order valence-electron chi connectivity index (χ2n) is 7.66. The third-order valence-electron chi connectivity index (χ3n) is 6.32. The van der Waals surface area contributed by atoms with Crippen molar-refractivity contribution < 1.29 is 14.7 Å². The number of carboxylic acid groups (broad SMARTS) is 1. The van der Waals surface area contributed by atoms with Crippen molar-refractivity contribution in [1.82, 2.24) is 9.80 Å². The molecule has 3 atom stereocenters. The summed E-state index contributed by atoms with van der Waals surface area (Å²) in [6, 6.07) is -0.185. The number of hydrogen-bond acceptors (Lipinski definition) is 3. The first-order valence-electron chi connectivity index (χ1n) is 8.70. The van der Waals surface area contributed by atoms with Gasteiger partial charge in [-0.2, -0.15) is 0 Å². The molecule has 5 heteroatoms. The van der Waals surface area contributed by atoms with E-state index in [4.69, 9.17) is 0 Å². The second-order valence-corrected chi connectivity index (χ2v) is 7.66. The molecule has 1 amide bonds. The van der Waals surface area contributed by atoms with Crippen LogP contribution in [0.4, 0.5) is 0 Å². The predicted molar refractivity (Wildman–Crippen MR) is 83.4 cm³/mol. The lowest BCUT2D eigenvalue weighted by Crippen LogP contribution is -2.49. The summed E-state index contributed by atoms with van der Waals surface area (Å²) < 4.78 is 0. The Hall–Kier alpha value is -1.10. The number of nitrogens with zero attached hydrogens (tertiary/aromatic N) is 2. The van der Waals surface area contributed by atoms with E-state index in [1.165, 1.54) is 0 Å². The maximum Gasteiger partial charge on any atom is 0.311 e. The molecule has 0 bridgehead atoms. The maximum absolute atomic E-state index is 12.7. The molecule has 2 heterocycles. The Bertz CT molecular complexity index is 459. The molecule has 3 rings (SSSR count). The van der Waals surface area contributed by atoms with Crippen molar-refractivity contribution in [2.75, 3.05) is 26.2 Å². The highest BCUT2D eigenvalue weighted by Gasteiger charge is 2.56. The number of carbonyl (C=O) groups excluding carboxylic acids is 1. The number of amides is 1. The lowest BCUT2D eigenvalue weighted by Gasteiger charge is -2.35. The summed E-state index contributed by atoms with van der Waals surface area (Å²) in [7, 11) is 0. The normalized spacial score (nSPS) is 34.6. The van der Waals surface area contributed by atoms with Crippen LogP contribution in [0.25, 0.3) is 0 Å². The van der Waals surface area contributed by atoms with Crippen LogP contribution in [0, 0.1) is 17.3 Å². The third-order valence-corrected chi connectivity index (χ3v) is 6.32. The second kappa shape index (κ2) is 5.84. The Morgan fingerprint density at radius 2 is 1.91 bits per heavy atom. The zero-order chi connectivity index (χ0) is 15.9. The van der Waals surface area contributed by atoms with Gasteiger partial charge in [-0.25, -0.2) is 0 Å². The van der Waals surface area contributed by atoms with Gasteiger partial charge >= 0.3 is 5.97 Å². The average Bonchev–Trinajstić information content (AvgIpc) is 3.04. The molecule has 3 aliphatic rings. The van der Waals surface area contributed by atoms with E-state index in [-0.39, 0.29) is 17.9 Å². The molecular formula is C17H28N2O3. The van der Waals surface area contributed by atoms with E-state index in [1.807, 2.05) is 11.8 Å². The zero-order valence-corrected chi connectivity index (χ0v) is 13.8. The topological polar surface area (TPSA) is 60.9 Å². The Morgan fingerprint density at radius 3 is 2.50 bits per heavy atom. The molecule has 1 saturated carbocycles. The molecular weight excluding hydrogens is 280 g/mol. The predicted octanol–water partition coefficient (Wildman–Crippen LogP) is 1.82. The Labute approximate surface area is 132 Å². The summed E-state index contributed by atoms with van der Waals surface area (Å²) in [4.78, 5) is 28.6. The number of carboxylic acids is 1. The summed E-state index contributed by atoms with van der Waals surface area (Å²) in [5.74, 6) is 0.457. The first-order valence-corrected chi connectivity index (χ1v) is 8.70. The van der Waals surface area contributed by atoms with Crippen LogP contribution in [0.3, 0.4) is 0 Å². The Morgan fingerprint density at radius 1 is 1.23 bits per heavy atom. The molecule has 5 nitrogen and oxygen atoms in total. The van der Waals surface area contributed by atoms with Crippen LogP contribution in [0.15, 0.2) is 0 Å². The molecule has 0 aromatic rings. The van der Waals surface area contributed by atoms with Gasteiger partial charge in [0.15, 0.2) is 0 Å². The van der Waals surface area contributed by atoms with Gasteiger partial charge in [-0.1, -0.05) is 13.3 Å². The standard InChI is InChI=1S/C17H28N2O3/c1-12-5-8-18(9-6-12)15(20)13(2)19-10-14-4-3-7-17(14,11-19)16(21)22/h12-14H,3-11H2,1-2H3,(H,21,22)/t13?,14-,17+/m0/s1. The Kier molecular flexibility index (Phi) is 4.19. The number of likely N-dealkylation sites (tertiary alicyclic amines) is 2. The molecule has 1 N–H and O–H groups in total. The number of hydrogen-bond donors (Lipinski definition) is 1. The minimum atomic E-state index is -0.663. The molecule has 3 fully saturated rings. The molecule has 0 radical (unpaired) electrons. The van der Waals surface area contributed by atoms with Crippen molar-refractivity contribution in [2.45, 2.75) is 52.0 Å². The zero-order valence-electron chi connectivity index (χ0n) is 13.8. The summed E-state index contributed by atoms with van der Waals surface area (Å²) >= 11 is 0. The van der Waals surface area contributed by atoms with Crippen LogP contribution < -0.4 is 0 Å². The fourth-order valence-corrected chi connectivity index (χ4v) is 4.62. The summed E-state index contributed by atoms with van der Waals surface area (Å²) in [5, 5.41) is 9.67. The first-order chi connectivity index (χ1) is 10.4. The van der Waals surface area contributed by atoms with E-state index in [0.717, 1.165) is 51.7 Å². The van der Waals surface area contributed by atoms with Crippen molar-refractivity contribution in [3.05, 3.63) is 0 Å². The van der Waals surface area contributed by atoms with Gasteiger partial charge in [0.05, 0.1) is 11.5 Å². The van der Waals surface area contributed by atoms with Gasteiger partial charge in [-0.05, 0) is 44.4 Å². The van der Waals surface area contributed by atoms with Crippen LogP contribution in [0.2, 0.25) is 0 Å². The lowest BCUT2D eigenvalue weighted by atomic mass is 9.81. The van der Waals surface area contributed by atoms with E-state index in [1.54, 1.807) is 0 Å². The smallest absolute Gasteiger partial charge is 0.311 e. The summed E-state index contributed by atoms with van der Waals surface area (Å²) in [5.41, 5.74) is -0.592. The van der Waals surface area contributed by atoms with Gasteiger partial charge in [0.25, 0.3) is 0 Å². The summed E-state index contributed by atoms with van der Waals surface area (Å²) in [6.45, 7) is 7.21. The van der Waals surface area contributed by atoms with Gasteiger partial charge in [-0.15, -0.1) is 0 Å². The largest absolute Gasteiger partial charge is 0.481 e. The van der Waals surface area contributed by atoms with Crippen molar-refractivity contribution in [3.8, 4) is 0 Å². The van der Waals surface area contributed by atoms with Gasteiger partial charge in [0, 0.05) is 26.2 Å². The highest BCUT2D eigenvalue weighted by atomic mass is 16.4. The van der Waals surface area contributed by atoms with Crippen LogP contribution in [0.1, 0.15) is 46.0 Å². The molecule has 2 saturated heterocycles. The van der Waals surface area contributed by atoms with Crippen LogP contribution in [-0.2, 0) is 9.59 Å². The van der Waals surface area contributed by atoms with Crippen LogP contribution in [0.5, 0.6) is 0 Å². The lowest BCUT2D eigenvalue weighted by molar-refractivity contribution is -0.150. The number of rotatable bonds is 3. The van der Waals surface area contributed by atoms with E-state index in [9.17, 15) is 14.7 Å². The molecule has 124 valence electrons. The number of piperidine rings is 1. The van der Waals surface area contributed by atoms with Crippen molar-refractivity contribution >= 4 is 11.9 Å². The molecule has 0 aromatic heterocycles. The van der Waals surface area contributed by atoms with Crippen molar-refractivity contribution in [1.29, 1.82) is 0 Å². The fourth-order valence-electron chi connectivity index (χ4n) is 4.62. The fraction of sp³-hybridized carbons (Fsp3) is 0.882. The van der Waals surface area contributed by atoms with Crippen molar-refractivity contribution in [3.63, 3.8) is 0 Å².